The van der Waals surface area contributed by atoms with E-state index in [0.29, 0.717) is 48.0 Å². The predicted molar refractivity (Wildman–Crippen MR) is 112 cm³/mol. The number of ether oxygens (including phenoxy) is 1. The quantitative estimate of drug-likeness (QED) is 0.478. The van der Waals surface area contributed by atoms with Crippen LogP contribution in [0.1, 0.15) is 19.3 Å². The van der Waals surface area contributed by atoms with Crippen molar-refractivity contribution in [2.45, 2.75) is 30.3 Å². The Kier molecular flexibility index (Phi) is 6.48. The Labute approximate surface area is 180 Å². The average Bonchev–Trinajstić information content (AvgIpc) is 3.12. The molecule has 158 valence electrons. The zero-order valence-corrected chi connectivity index (χ0v) is 17.6. The number of rotatable bonds is 6. The SMILES string of the molecule is O=C(CCSc1ccc(F)cc1)N1CCC(Oc2nc3c(F)cc(F)cc3s2)CC1. The minimum absolute atomic E-state index is 0.0839. The number of carbonyl (C=O) groups is 1. The maximum atomic E-state index is 13.8. The third-order valence-electron chi connectivity index (χ3n) is 4.85. The Bertz CT molecular complexity index is 1030. The van der Waals surface area contributed by atoms with Crippen LogP contribution in [-0.4, -0.2) is 40.7 Å². The topological polar surface area (TPSA) is 42.4 Å². The highest BCUT2D eigenvalue weighted by atomic mass is 32.2. The van der Waals surface area contributed by atoms with Crippen molar-refractivity contribution in [3.8, 4) is 5.19 Å². The fourth-order valence-corrected chi connectivity index (χ4v) is 5.06. The maximum absolute atomic E-state index is 13.8. The maximum Gasteiger partial charge on any atom is 0.274 e. The van der Waals surface area contributed by atoms with E-state index in [4.69, 9.17) is 4.74 Å². The van der Waals surface area contributed by atoms with Gasteiger partial charge in [-0.15, -0.1) is 11.8 Å². The Morgan fingerprint density at radius 3 is 2.60 bits per heavy atom. The number of nitrogens with zero attached hydrogens (tertiary/aromatic N) is 2. The monoisotopic (exact) mass is 452 g/mol. The highest BCUT2D eigenvalue weighted by Gasteiger charge is 2.25. The van der Waals surface area contributed by atoms with E-state index >= 15 is 0 Å². The van der Waals surface area contributed by atoms with Crippen LogP contribution in [0.4, 0.5) is 13.2 Å². The van der Waals surface area contributed by atoms with E-state index < -0.39 is 11.6 Å². The molecule has 1 aliphatic rings. The van der Waals surface area contributed by atoms with Crippen LogP contribution in [0.3, 0.4) is 0 Å². The molecule has 0 radical (unpaired) electrons. The number of likely N-dealkylation sites (tertiary alicyclic amines) is 1. The first-order valence-electron chi connectivity index (χ1n) is 9.56. The van der Waals surface area contributed by atoms with E-state index in [1.807, 2.05) is 4.90 Å². The zero-order valence-electron chi connectivity index (χ0n) is 15.9. The van der Waals surface area contributed by atoms with Gasteiger partial charge in [0.05, 0.1) is 4.70 Å². The first-order chi connectivity index (χ1) is 14.5. The largest absolute Gasteiger partial charge is 0.467 e. The van der Waals surface area contributed by atoms with Gasteiger partial charge in [0.15, 0.2) is 5.82 Å². The molecule has 0 N–H and O–H groups in total. The van der Waals surface area contributed by atoms with E-state index in [1.165, 1.54) is 30.0 Å². The smallest absolute Gasteiger partial charge is 0.274 e. The van der Waals surface area contributed by atoms with E-state index in [2.05, 4.69) is 4.98 Å². The van der Waals surface area contributed by atoms with Crippen molar-refractivity contribution in [1.82, 2.24) is 9.88 Å². The fraction of sp³-hybridized carbons (Fsp3) is 0.333. The summed E-state index contributed by atoms with van der Waals surface area (Å²) in [6, 6.07) is 8.28. The summed E-state index contributed by atoms with van der Waals surface area (Å²) in [4.78, 5) is 19.3. The van der Waals surface area contributed by atoms with Crippen molar-refractivity contribution in [3.05, 3.63) is 53.8 Å². The molecule has 0 saturated carbocycles. The van der Waals surface area contributed by atoms with Crippen LogP contribution in [0.2, 0.25) is 0 Å². The summed E-state index contributed by atoms with van der Waals surface area (Å²) in [5.41, 5.74) is 0.114. The van der Waals surface area contributed by atoms with Crippen molar-refractivity contribution in [1.29, 1.82) is 0 Å². The fourth-order valence-electron chi connectivity index (χ4n) is 3.30. The number of thiazole rings is 1. The number of halogens is 3. The Morgan fingerprint density at radius 2 is 1.87 bits per heavy atom. The average molecular weight is 453 g/mol. The number of piperidine rings is 1. The summed E-state index contributed by atoms with van der Waals surface area (Å²) < 4.78 is 46.3. The third kappa shape index (κ3) is 5.07. The molecule has 0 aliphatic carbocycles. The molecular weight excluding hydrogens is 433 g/mol. The van der Waals surface area contributed by atoms with Crippen LogP contribution < -0.4 is 4.74 Å². The first kappa shape index (κ1) is 21.0. The summed E-state index contributed by atoms with van der Waals surface area (Å²) in [6.45, 7) is 1.16. The lowest BCUT2D eigenvalue weighted by Gasteiger charge is -2.31. The molecule has 2 aromatic carbocycles. The second-order valence-corrected chi connectivity index (χ2v) is 9.13. The number of carbonyl (C=O) groups excluding carboxylic acids is 1. The van der Waals surface area contributed by atoms with Gasteiger partial charge in [-0.05, 0) is 30.3 Å². The molecular formula is C21H19F3N2O2S2. The number of amides is 1. The lowest BCUT2D eigenvalue weighted by Crippen LogP contribution is -2.41. The van der Waals surface area contributed by atoms with Crippen LogP contribution in [0.5, 0.6) is 5.19 Å². The van der Waals surface area contributed by atoms with Gasteiger partial charge in [0.1, 0.15) is 23.3 Å². The van der Waals surface area contributed by atoms with Gasteiger partial charge in [0, 0.05) is 49.1 Å². The summed E-state index contributed by atoms with van der Waals surface area (Å²) in [6.07, 6.45) is 1.61. The number of aromatic nitrogens is 1. The van der Waals surface area contributed by atoms with Crippen LogP contribution in [-0.2, 0) is 4.79 Å². The summed E-state index contributed by atoms with van der Waals surface area (Å²) in [5, 5.41) is 0.315. The molecule has 1 fully saturated rings. The van der Waals surface area contributed by atoms with Crippen molar-refractivity contribution < 1.29 is 22.7 Å². The van der Waals surface area contributed by atoms with E-state index in [-0.39, 0.29) is 23.3 Å². The van der Waals surface area contributed by atoms with E-state index in [9.17, 15) is 18.0 Å². The molecule has 1 amide bonds. The summed E-state index contributed by atoms with van der Waals surface area (Å²) in [5.74, 6) is -0.895. The minimum Gasteiger partial charge on any atom is -0.467 e. The number of thioether (sulfide) groups is 1. The predicted octanol–water partition coefficient (Wildman–Crippen LogP) is 5.27. The first-order valence-corrected chi connectivity index (χ1v) is 11.4. The second kappa shape index (κ2) is 9.26. The Morgan fingerprint density at radius 1 is 1.13 bits per heavy atom. The Hall–Kier alpha value is -2.26. The summed E-state index contributed by atoms with van der Waals surface area (Å²) in [7, 11) is 0. The van der Waals surface area contributed by atoms with Crippen LogP contribution in [0.25, 0.3) is 10.2 Å². The summed E-state index contributed by atoms with van der Waals surface area (Å²) >= 11 is 2.64. The van der Waals surface area contributed by atoms with Gasteiger partial charge in [0.25, 0.3) is 5.19 Å². The van der Waals surface area contributed by atoms with E-state index in [1.54, 1.807) is 12.1 Å². The number of fused-ring (bicyclic) bond motifs is 1. The molecule has 0 bridgehead atoms. The van der Waals surface area contributed by atoms with Gasteiger partial charge in [-0.1, -0.05) is 11.3 Å². The Balaban J connectivity index is 1.24. The van der Waals surface area contributed by atoms with Gasteiger partial charge >= 0.3 is 0 Å². The lowest BCUT2D eigenvalue weighted by molar-refractivity contribution is -0.132. The highest BCUT2D eigenvalue weighted by Crippen LogP contribution is 2.32. The molecule has 1 aromatic heterocycles. The molecule has 9 heteroatoms. The normalized spacial score (nSPS) is 15.0. The highest BCUT2D eigenvalue weighted by molar-refractivity contribution is 7.99. The number of benzene rings is 2. The van der Waals surface area contributed by atoms with Crippen molar-refractivity contribution in [2.24, 2.45) is 0 Å². The molecule has 0 unspecified atom stereocenters. The molecule has 3 aromatic rings. The molecule has 4 rings (SSSR count). The molecule has 1 aliphatic heterocycles. The molecule has 2 heterocycles. The minimum atomic E-state index is -0.699. The van der Waals surface area contributed by atoms with Crippen molar-refractivity contribution in [2.75, 3.05) is 18.8 Å². The molecule has 4 nitrogen and oxygen atoms in total. The van der Waals surface area contributed by atoms with Gasteiger partial charge in [-0.2, -0.15) is 4.98 Å². The molecule has 0 atom stereocenters. The second-order valence-electron chi connectivity index (χ2n) is 6.96. The van der Waals surface area contributed by atoms with Gasteiger partial charge in [0.2, 0.25) is 5.91 Å². The number of hydrogen-bond donors (Lipinski definition) is 0. The van der Waals surface area contributed by atoms with Crippen LogP contribution >= 0.6 is 23.1 Å². The number of hydrogen-bond acceptors (Lipinski definition) is 5. The van der Waals surface area contributed by atoms with E-state index in [0.717, 1.165) is 22.3 Å². The lowest BCUT2D eigenvalue weighted by atomic mass is 10.1. The van der Waals surface area contributed by atoms with Crippen LogP contribution in [0, 0.1) is 17.5 Å². The van der Waals surface area contributed by atoms with Crippen molar-refractivity contribution in [3.63, 3.8) is 0 Å². The molecule has 1 saturated heterocycles. The van der Waals surface area contributed by atoms with Gasteiger partial charge in [-0.25, -0.2) is 13.2 Å². The molecule has 0 spiro atoms. The zero-order chi connectivity index (χ0) is 21.1. The molecule has 30 heavy (non-hydrogen) atoms. The van der Waals surface area contributed by atoms with Crippen LogP contribution in [0.15, 0.2) is 41.3 Å². The third-order valence-corrected chi connectivity index (χ3v) is 6.76. The van der Waals surface area contributed by atoms with Crippen molar-refractivity contribution >= 4 is 39.2 Å². The van der Waals surface area contributed by atoms with Gasteiger partial charge in [-0.3, -0.25) is 4.79 Å². The van der Waals surface area contributed by atoms with Gasteiger partial charge < -0.3 is 9.64 Å². The standard InChI is InChI=1S/C21H19F3N2O2S2/c22-13-1-3-16(4-2-13)29-10-7-19(27)26-8-5-15(6-9-26)28-21-25-20-17(24)11-14(23)12-18(20)30-21/h1-4,11-12,15H,5-10H2.